The quantitative estimate of drug-likeness (QED) is 0.850. The highest BCUT2D eigenvalue weighted by Crippen LogP contribution is 2.23. The van der Waals surface area contributed by atoms with Crippen LogP contribution in [-0.2, 0) is 6.42 Å². The first-order valence-electron chi connectivity index (χ1n) is 7.28. The molecule has 3 nitrogen and oxygen atoms in total. The fourth-order valence-corrected chi connectivity index (χ4v) is 2.05. The zero-order chi connectivity index (χ0) is 14.4. The molecule has 1 N–H and O–H groups in total. The molecule has 0 spiro atoms. The van der Waals surface area contributed by atoms with Gasteiger partial charge in [0.15, 0.2) is 0 Å². The summed E-state index contributed by atoms with van der Waals surface area (Å²) in [7, 11) is 2.05. The van der Waals surface area contributed by atoms with Gasteiger partial charge in [0, 0.05) is 19.3 Å². The topological polar surface area (TPSA) is 28.2 Å². The van der Waals surface area contributed by atoms with E-state index in [4.69, 9.17) is 0 Å². The second-order valence-electron chi connectivity index (χ2n) is 4.89. The van der Waals surface area contributed by atoms with E-state index in [1.54, 1.807) is 0 Å². The summed E-state index contributed by atoms with van der Waals surface area (Å²) in [5.41, 5.74) is 2.51. The van der Waals surface area contributed by atoms with Crippen LogP contribution in [0, 0.1) is 0 Å². The lowest BCUT2D eigenvalue weighted by Gasteiger charge is -2.19. The van der Waals surface area contributed by atoms with Gasteiger partial charge < -0.3 is 10.2 Å². The van der Waals surface area contributed by atoms with Gasteiger partial charge in [-0.05, 0) is 42.7 Å². The number of anilines is 3. The van der Waals surface area contributed by atoms with Crippen LogP contribution >= 0.6 is 0 Å². The van der Waals surface area contributed by atoms with Gasteiger partial charge >= 0.3 is 0 Å². The van der Waals surface area contributed by atoms with E-state index in [1.165, 1.54) is 5.56 Å². The summed E-state index contributed by atoms with van der Waals surface area (Å²) in [6.07, 6.45) is 2.17. The molecule has 3 heteroatoms. The van der Waals surface area contributed by atoms with Crippen molar-refractivity contribution in [2.75, 3.05) is 23.8 Å². The molecule has 1 heterocycles. The molecule has 0 radical (unpaired) electrons. The van der Waals surface area contributed by atoms with Crippen LogP contribution in [0.15, 0.2) is 42.5 Å². The summed E-state index contributed by atoms with van der Waals surface area (Å²) in [4.78, 5) is 6.75. The highest BCUT2D eigenvalue weighted by atomic mass is 15.2. The molecule has 0 aliphatic heterocycles. The van der Waals surface area contributed by atoms with E-state index >= 15 is 0 Å². The maximum absolute atomic E-state index is 4.64. The van der Waals surface area contributed by atoms with Gasteiger partial charge in [-0.2, -0.15) is 0 Å². The van der Waals surface area contributed by atoms with Crippen LogP contribution in [0.5, 0.6) is 0 Å². The Labute approximate surface area is 121 Å². The van der Waals surface area contributed by atoms with Gasteiger partial charge in [-0.3, -0.25) is 0 Å². The Kier molecular flexibility index (Phi) is 4.99. The maximum Gasteiger partial charge on any atom is 0.135 e. The average Bonchev–Trinajstić information content (AvgIpc) is 2.52. The first-order chi connectivity index (χ1) is 9.74. The molecule has 0 bridgehead atoms. The molecule has 1 aromatic carbocycles. The van der Waals surface area contributed by atoms with Gasteiger partial charge in [0.25, 0.3) is 0 Å². The summed E-state index contributed by atoms with van der Waals surface area (Å²) in [6.45, 7) is 5.27. The zero-order valence-corrected chi connectivity index (χ0v) is 12.6. The van der Waals surface area contributed by atoms with E-state index in [9.17, 15) is 0 Å². The largest absolute Gasteiger partial charge is 0.370 e. The molecule has 2 aromatic rings. The summed E-state index contributed by atoms with van der Waals surface area (Å²) in [5.74, 6) is 1.89. The Morgan fingerprint density at radius 3 is 2.45 bits per heavy atom. The predicted octanol–water partition coefficient (Wildman–Crippen LogP) is 4.23. The minimum Gasteiger partial charge on any atom is -0.370 e. The molecule has 0 saturated heterocycles. The minimum atomic E-state index is 0.932. The van der Waals surface area contributed by atoms with Crippen molar-refractivity contribution in [1.29, 1.82) is 0 Å². The van der Waals surface area contributed by atoms with Crippen LogP contribution in [0.4, 0.5) is 17.3 Å². The first kappa shape index (κ1) is 14.4. The lowest BCUT2D eigenvalue weighted by molar-refractivity contribution is 0.967. The van der Waals surface area contributed by atoms with Crippen LogP contribution in [0.1, 0.15) is 25.8 Å². The van der Waals surface area contributed by atoms with Crippen molar-refractivity contribution in [1.82, 2.24) is 4.98 Å². The Balaban J connectivity index is 2.16. The van der Waals surface area contributed by atoms with E-state index in [0.717, 1.165) is 36.7 Å². The van der Waals surface area contributed by atoms with Crippen LogP contribution in [0.3, 0.4) is 0 Å². The summed E-state index contributed by atoms with van der Waals surface area (Å²) in [6, 6.07) is 14.7. The number of nitrogens with zero attached hydrogens (tertiary/aromatic N) is 2. The molecule has 0 atom stereocenters. The molecule has 0 fully saturated rings. The number of aryl methyl sites for hydroxylation is 1. The molecule has 106 valence electrons. The molecule has 20 heavy (non-hydrogen) atoms. The second-order valence-corrected chi connectivity index (χ2v) is 4.89. The lowest BCUT2D eigenvalue weighted by atomic mass is 10.1. The molecule has 0 amide bonds. The number of hydrogen-bond donors (Lipinski definition) is 1. The molecule has 0 saturated carbocycles. The van der Waals surface area contributed by atoms with E-state index in [1.807, 2.05) is 25.2 Å². The SMILES string of the molecule is CCCNc1cccc(N(C)c2ccc(CC)cc2)n1. The van der Waals surface area contributed by atoms with Gasteiger partial charge in [0.1, 0.15) is 11.6 Å². The Morgan fingerprint density at radius 2 is 1.80 bits per heavy atom. The third-order valence-electron chi connectivity index (χ3n) is 3.37. The van der Waals surface area contributed by atoms with Crippen molar-refractivity contribution in [2.24, 2.45) is 0 Å². The van der Waals surface area contributed by atoms with Gasteiger partial charge in [-0.25, -0.2) is 4.98 Å². The molecule has 2 rings (SSSR count). The highest BCUT2D eigenvalue weighted by Gasteiger charge is 2.06. The molecular formula is C17H23N3. The molecule has 0 aliphatic carbocycles. The minimum absolute atomic E-state index is 0.932. The van der Waals surface area contributed by atoms with Gasteiger partial charge in [-0.15, -0.1) is 0 Å². The third kappa shape index (κ3) is 3.50. The summed E-state index contributed by atoms with van der Waals surface area (Å²) >= 11 is 0. The standard InChI is InChI=1S/C17H23N3/c1-4-13-18-16-7-6-8-17(19-16)20(3)15-11-9-14(5-2)10-12-15/h6-12H,4-5,13H2,1-3H3,(H,18,19). The number of pyridine rings is 1. The molecule has 1 aromatic heterocycles. The van der Waals surface area contributed by atoms with E-state index in [-0.39, 0.29) is 0 Å². The van der Waals surface area contributed by atoms with Crippen LogP contribution in [0.25, 0.3) is 0 Å². The molecule has 0 aliphatic rings. The number of rotatable bonds is 6. The van der Waals surface area contributed by atoms with Crippen molar-refractivity contribution in [3.8, 4) is 0 Å². The Hall–Kier alpha value is -2.03. The predicted molar refractivity (Wildman–Crippen MR) is 86.9 cm³/mol. The number of nitrogens with one attached hydrogen (secondary N) is 1. The normalized spacial score (nSPS) is 10.3. The maximum atomic E-state index is 4.64. The van der Waals surface area contributed by atoms with Crippen molar-refractivity contribution < 1.29 is 0 Å². The molecular weight excluding hydrogens is 246 g/mol. The number of hydrogen-bond acceptors (Lipinski definition) is 3. The zero-order valence-electron chi connectivity index (χ0n) is 12.6. The van der Waals surface area contributed by atoms with Crippen molar-refractivity contribution >= 4 is 17.3 Å². The third-order valence-corrected chi connectivity index (χ3v) is 3.37. The highest BCUT2D eigenvalue weighted by molar-refractivity contribution is 5.61. The fourth-order valence-electron chi connectivity index (χ4n) is 2.05. The average molecular weight is 269 g/mol. The summed E-state index contributed by atoms with van der Waals surface area (Å²) < 4.78 is 0. The monoisotopic (exact) mass is 269 g/mol. The van der Waals surface area contributed by atoms with E-state index < -0.39 is 0 Å². The van der Waals surface area contributed by atoms with Crippen LogP contribution in [0.2, 0.25) is 0 Å². The van der Waals surface area contributed by atoms with Crippen molar-refractivity contribution in [3.63, 3.8) is 0 Å². The fraction of sp³-hybridized carbons (Fsp3) is 0.353. The smallest absolute Gasteiger partial charge is 0.135 e. The van der Waals surface area contributed by atoms with Crippen molar-refractivity contribution in [3.05, 3.63) is 48.0 Å². The van der Waals surface area contributed by atoms with Crippen LogP contribution in [-0.4, -0.2) is 18.6 Å². The van der Waals surface area contributed by atoms with E-state index in [2.05, 4.69) is 53.3 Å². The summed E-state index contributed by atoms with van der Waals surface area (Å²) in [5, 5.41) is 3.32. The number of aromatic nitrogens is 1. The van der Waals surface area contributed by atoms with Gasteiger partial charge in [0.05, 0.1) is 0 Å². The molecule has 0 unspecified atom stereocenters. The number of benzene rings is 1. The Morgan fingerprint density at radius 1 is 1.05 bits per heavy atom. The van der Waals surface area contributed by atoms with Gasteiger partial charge in [0.2, 0.25) is 0 Å². The Bertz CT molecular complexity index is 534. The van der Waals surface area contributed by atoms with E-state index in [0.29, 0.717) is 0 Å². The second kappa shape index (κ2) is 6.94. The van der Waals surface area contributed by atoms with Gasteiger partial charge in [-0.1, -0.05) is 32.0 Å². The van der Waals surface area contributed by atoms with Crippen molar-refractivity contribution in [2.45, 2.75) is 26.7 Å². The van der Waals surface area contributed by atoms with Crippen LogP contribution < -0.4 is 10.2 Å². The first-order valence-corrected chi connectivity index (χ1v) is 7.28. The lowest BCUT2D eigenvalue weighted by Crippen LogP contribution is -2.12.